The lowest BCUT2D eigenvalue weighted by Crippen LogP contribution is -2.51. The molecule has 2 aromatic carbocycles. The summed E-state index contributed by atoms with van der Waals surface area (Å²) in [5.41, 5.74) is -0.206. The Balaban J connectivity index is 1.51. The van der Waals surface area contributed by atoms with Gasteiger partial charge in [0.1, 0.15) is 39.8 Å². The van der Waals surface area contributed by atoms with E-state index in [9.17, 15) is 10.1 Å². The minimum Gasteiger partial charge on any atom is -0.490 e. The minimum atomic E-state index is -0.915. The van der Waals surface area contributed by atoms with Gasteiger partial charge >= 0.3 is 6.09 Å². The molecule has 0 N–H and O–H groups in total. The number of amides is 1. The number of carbonyl (C=O) groups is 1. The number of benzene rings is 2. The van der Waals surface area contributed by atoms with Crippen molar-refractivity contribution in [2.45, 2.75) is 71.9 Å². The number of nitriles is 1. The van der Waals surface area contributed by atoms with E-state index in [2.05, 4.69) is 16.3 Å². The smallest absolute Gasteiger partial charge is 0.413 e. The molecule has 0 unspecified atom stereocenters. The van der Waals surface area contributed by atoms with Crippen molar-refractivity contribution in [2.24, 2.45) is 0 Å². The van der Waals surface area contributed by atoms with Crippen LogP contribution in [0.3, 0.4) is 0 Å². The lowest BCUT2D eigenvalue weighted by molar-refractivity contribution is -0.0637. The van der Waals surface area contributed by atoms with Crippen molar-refractivity contribution in [1.82, 2.24) is 15.1 Å². The molecule has 1 fully saturated rings. The first-order valence-electron chi connectivity index (χ1n) is 13.0. The molecule has 0 saturated carbocycles. The fraction of sp³-hybridized carbons (Fsp3) is 0.448. The van der Waals surface area contributed by atoms with Crippen molar-refractivity contribution in [1.29, 1.82) is 5.26 Å². The summed E-state index contributed by atoms with van der Waals surface area (Å²) in [6.07, 6.45) is -0.620. The highest BCUT2D eigenvalue weighted by molar-refractivity contribution is 7.18. The van der Waals surface area contributed by atoms with Crippen LogP contribution in [0.5, 0.6) is 11.5 Å². The van der Waals surface area contributed by atoms with E-state index in [1.807, 2.05) is 13.8 Å². The van der Waals surface area contributed by atoms with E-state index >= 15 is 4.39 Å². The van der Waals surface area contributed by atoms with Crippen molar-refractivity contribution in [3.05, 3.63) is 46.7 Å². The highest BCUT2D eigenvalue weighted by Crippen LogP contribution is 2.38. The maximum Gasteiger partial charge on any atom is 0.413 e. The third-order valence-corrected chi connectivity index (χ3v) is 7.30. The highest BCUT2D eigenvalue weighted by atomic mass is 35.5. The number of ether oxygens (including phenoxy) is 4. The summed E-state index contributed by atoms with van der Waals surface area (Å²) in [7, 11) is 0. The Kier molecular flexibility index (Phi) is 8.78. The number of rotatable bonds is 7. The van der Waals surface area contributed by atoms with Gasteiger partial charge in [-0.1, -0.05) is 22.9 Å². The zero-order valence-corrected chi connectivity index (χ0v) is 25.5. The molecule has 1 atom stereocenters. The van der Waals surface area contributed by atoms with Gasteiger partial charge in [0.15, 0.2) is 11.6 Å². The molecule has 0 spiro atoms. The molecule has 0 bridgehead atoms. The summed E-state index contributed by atoms with van der Waals surface area (Å²) in [5, 5.41) is 19.1. The largest absolute Gasteiger partial charge is 0.490 e. The molecule has 1 aromatic heterocycles. The van der Waals surface area contributed by atoms with Crippen LogP contribution in [0.2, 0.25) is 5.02 Å². The monoisotopic (exact) mass is 602 g/mol. The molecule has 0 aliphatic carbocycles. The first-order chi connectivity index (χ1) is 19.2. The van der Waals surface area contributed by atoms with Crippen molar-refractivity contribution in [3.8, 4) is 38.7 Å². The quantitative estimate of drug-likeness (QED) is 0.282. The van der Waals surface area contributed by atoms with E-state index in [-0.39, 0.29) is 30.1 Å². The second kappa shape index (κ2) is 11.8. The molecule has 12 heteroatoms. The molecule has 2 heterocycles. The standard InChI is InChI=1S/C29H32ClFN4O5S/c1-16(2)39-23-9-8-17(10-18(23)13-32)25-33-34-26(41-25)20-11-22(31)24(12-21(20)30)37-14-19-15-38-29(6,7)35(19)27(36)40-28(3,4)5/h8-12,16,19H,14-15H2,1-7H3/t19-/m0/s1. The average Bonchev–Trinajstić information content (AvgIpc) is 3.47. The molecule has 1 saturated heterocycles. The van der Waals surface area contributed by atoms with Crippen LogP contribution in [0.25, 0.3) is 21.1 Å². The Labute approximate surface area is 247 Å². The molecule has 0 radical (unpaired) electrons. The summed E-state index contributed by atoms with van der Waals surface area (Å²) >= 11 is 7.73. The molecule has 1 amide bonds. The van der Waals surface area contributed by atoms with Crippen LogP contribution in [0.1, 0.15) is 54.0 Å². The Bertz CT molecular complexity index is 1480. The van der Waals surface area contributed by atoms with Gasteiger partial charge in [0.25, 0.3) is 0 Å². The van der Waals surface area contributed by atoms with Gasteiger partial charge in [-0.25, -0.2) is 9.18 Å². The second-order valence-electron chi connectivity index (χ2n) is 11.2. The SMILES string of the molecule is CC(C)Oc1ccc(-c2nnc(-c3cc(F)c(OC[C@H]4COC(C)(C)N4C(=O)OC(C)(C)C)cc3Cl)s2)cc1C#N. The zero-order chi connectivity index (χ0) is 30.1. The Hall–Kier alpha value is -3.46. The first kappa shape index (κ1) is 30.5. The molecule has 41 heavy (non-hydrogen) atoms. The maximum absolute atomic E-state index is 15.2. The average molecular weight is 603 g/mol. The number of aromatic nitrogens is 2. The summed E-state index contributed by atoms with van der Waals surface area (Å²) < 4.78 is 38.0. The number of nitrogens with zero attached hydrogens (tertiary/aromatic N) is 4. The van der Waals surface area contributed by atoms with Crippen LogP contribution in [-0.2, 0) is 9.47 Å². The second-order valence-corrected chi connectivity index (χ2v) is 12.6. The third kappa shape index (κ3) is 7.07. The molecule has 3 aromatic rings. The van der Waals surface area contributed by atoms with E-state index in [0.717, 1.165) is 0 Å². The summed E-state index contributed by atoms with van der Waals surface area (Å²) in [5.74, 6) is -0.236. The topological polar surface area (TPSA) is 107 Å². The van der Waals surface area contributed by atoms with E-state index in [0.29, 0.717) is 32.5 Å². The van der Waals surface area contributed by atoms with Crippen LogP contribution in [-0.4, -0.2) is 57.9 Å². The van der Waals surface area contributed by atoms with Crippen LogP contribution in [0.4, 0.5) is 9.18 Å². The fourth-order valence-corrected chi connectivity index (χ4v) is 5.40. The fourth-order valence-electron chi connectivity index (χ4n) is 4.23. The van der Waals surface area contributed by atoms with Gasteiger partial charge in [-0.05, 0) is 72.7 Å². The first-order valence-corrected chi connectivity index (χ1v) is 14.2. The predicted molar refractivity (Wildman–Crippen MR) is 154 cm³/mol. The van der Waals surface area contributed by atoms with Crippen molar-refractivity contribution in [3.63, 3.8) is 0 Å². The van der Waals surface area contributed by atoms with E-state index in [1.54, 1.807) is 52.8 Å². The molecular weight excluding hydrogens is 571 g/mol. The lowest BCUT2D eigenvalue weighted by Gasteiger charge is -2.35. The van der Waals surface area contributed by atoms with Crippen molar-refractivity contribution >= 4 is 29.0 Å². The van der Waals surface area contributed by atoms with Gasteiger partial charge in [-0.15, -0.1) is 10.2 Å². The van der Waals surface area contributed by atoms with Crippen LogP contribution in [0, 0.1) is 17.1 Å². The Morgan fingerprint density at radius 2 is 1.95 bits per heavy atom. The summed E-state index contributed by atoms with van der Waals surface area (Å²) in [4.78, 5) is 14.3. The number of carbonyl (C=O) groups excluding carboxylic acids is 1. The lowest BCUT2D eigenvalue weighted by atomic mass is 10.1. The van der Waals surface area contributed by atoms with Crippen LogP contribution in [0.15, 0.2) is 30.3 Å². The van der Waals surface area contributed by atoms with Gasteiger partial charge in [0.2, 0.25) is 0 Å². The van der Waals surface area contributed by atoms with E-state index < -0.39 is 29.3 Å². The predicted octanol–water partition coefficient (Wildman–Crippen LogP) is 7.07. The van der Waals surface area contributed by atoms with Gasteiger partial charge in [-0.3, -0.25) is 4.90 Å². The van der Waals surface area contributed by atoms with Crippen LogP contribution < -0.4 is 9.47 Å². The van der Waals surface area contributed by atoms with Crippen molar-refractivity contribution in [2.75, 3.05) is 13.2 Å². The molecular formula is C29H32ClFN4O5S. The van der Waals surface area contributed by atoms with Crippen LogP contribution >= 0.6 is 22.9 Å². The number of hydrogen-bond acceptors (Lipinski definition) is 9. The molecule has 1 aliphatic rings. The summed E-state index contributed by atoms with van der Waals surface area (Å²) in [6, 6.07) is 9.43. The number of hydrogen-bond donors (Lipinski definition) is 0. The minimum absolute atomic E-state index is 0.0318. The van der Waals surface area contributed by atoms with Crippen molar-refractivity contribution < 1.29 is 28.1 Å². The van der Waals surface area contributed by atoms with E-state index in [4.69, 9.17) is 30.5 Å². The van der Waals surface area contributed by atoms with Gasteiger partial charge in [-0.2, -0.15) is 5.26 Å². The third-order valence-electron chi connectivity index (χ3n) is 5.98. The zero-order valence-electron chi connectivity index (χ0n) is 23.9. The van der Waals surface area contributed by atoms with Gasteiger partial charge < -0.3 is 18.9 Å². The number of halogens is 2. The summed E-state index contributed by atoms with van der Waals surface area (Å²) in [6.45, 7) is 12.8. The maximum atomic E-state index is 15.2. The molecule has 218 valence electrons. The Morgan fingerprint density at radius 3 is 2.61 bits per heavy atom. The molecule has 4 rings (SSSR count). The van der Waals surface area contributed by atoms with E-state index in [1.165, 1.54) is 28.4 Å². The van der Waals surface area contributed by atoms with Gasteiger partial charge in [0, 0.05) is 17.2 Å². The highest BCUT2D eigenvalue weighted by Gasteiger charge is 2.46. The molecule has 1 aliphatic heterocycles. The Morgan fingerprint density at radius 1 is 1.24 bits per heavy atom. The molecule has 9 nitrogen and oxygen atoms in total. The van der Waals surface area contributed by atoms with Gasteiger partial charge in [0.05, 0.1) is 29.3 Å². The normalized spacial score (nSPS) is 16.5.